The standard InChI is InChI=1S/C20H24N2O3/c1-14(2)16-9-10-18(25-3)17(11-16)12-21-19(23)13-22-20(24)15-7-5-4-6-8-15/h4-11,14H,12-13H2,1-3H3,(H,21,23)(H,22,24). The topological polar surface area (TPSA) is 67.4 Å². The van der Waals surface area contributed by atoms with E-state index in [1.54, 1.807) is 31.4 Å². The van der Waals surface area contributed by atoms with Crippen molar-refractivity contribution in [2.24, 2.45) is 0 Å². The maximum absolute atomic E-state index is 12.0. The molecule has 5 heteroatoms. The monoisotopic (exact) mass is 340 g/mol. The number of hydrogen-bond donors (Lipinski definition) is 2. The molecular weight excluding hydrogens is 316 g/mol. The zero-order valence-electron chi connectivity index (χ0n) is 14.8. The molecule has 0 aliphatic heterocycles. The molecule has 0 saturated heterocycles. The van der Waals surface area contributed by atoms with E-state index < -0.39 is 0 Å². The maximum atomic E-state index is 12.0. The first-order valence-corrected chi connectivity index (χ1v) is 8.28. The predicted octanol–water partition coefficient (Wildman–Crippen LogP) is 2.86. The number of ether oxygens (including phenoxy) is 1. The van der Waals surface area contributed by atoms with Crippen LogP contribution >= 0.6 is 0 Å². The molecule has 132 valence electrons. The normalized spacial score (nSPS) is 10.4. The van der Waals surface area contributed by atoms with Crippen LogP contribution in [0.4, 0.5) is 0 Å². The fourth-order valence-electron chi connectivity index (χ4n) is 2.40. The highest BCUT2D eigenvalue weighted by Gasteiger charge is 2.10. The minimum Gasteiger partial charge on any atom is -0.496 e. The van der Waals surface area contributed by atoms with Crippen molar-refractivity contribution in [1.82, 2.24) is 10.6 Å². The van der Waals surface area contributed by atoms with Gasteiger partial charge in [-0.2, -0.15) is 0 Å². The Bertz CT molecular complexity index is 727. The zero-order valence-corrected chi connectivity index (χ0v) is 14.8. The number of carbonyl (C=O) groups excluding carboxylic acids is 2. The molecule has 0 aliphatic carbocycles. The first kappa shape index (κ1) is 18.5. The third-order valence-corrected chi connectivity index (χ3v) is 3.89. The molecule has 2 N–H and O–H groups in total. The largest absolute Gasteiger partial charge is 0.496 e. The van der Waals surface area contributed by atoms with E-state index in [-0.39, 0.29) is 18.4 Å². The van der Waals surface area contributed by atoms with E-state index in [1.807, 2.05) is 24.3 Å². The molecule has 0 aliphatic rings. The zero-order chi connectivity index (χ0) is 18.2. The molecule has 25 heavy (non-hydrogen) atoms. The second kappa shape index (κ2) is 8.87. The van der Waals surface area contributed by atoms with E-state index >= 15 is 0 Å². The summed E-state index contributed by atoms with van der Waals surface area (Å²) in [5.74, 6) is 0.611. The highest BCUT2D eigenvalue weighted by Crippen LogP contribution is 2.23. The summed E-state index contributed by atoms with van der Waals surface area (Å²) in [5.41, 5.74) is 2.63. The van der Waals surface area contributed by atoms with E-state index in [9.17, 15) is 9.59 Å². The van der Waals surface area contributed by atoms with Gasteiger partial charge in [-0.1, -0.05) is 44.2 Å². The van der Waals surface area contributed by atoms with Crippen LogP contribution in [0.3, 0.4) is 0 Å². The first-order chi connectivity index (χ1) is 12.0. The summed E-state index contributed by atoms with van der Waals surface area (Å²) in [5, 5.41) is 5.42. The maximum Gasteiger partial charge on any atom is 0.251 e. The number of benzene rings is 2. The summed E-state index contributed by atoms with van der Waals surface area (Å²) in [4.78, 5) is 23.9. The molecule has 0 fully saturated rings. The van der Waals surface area contributed by atoms with Crippen LogP contribution in [-0.4, -0.2) is 25.5 Å². The van der Waals surface area contributed by atoms with Crippen LogP contribution in [0.5, 0.6) is 5.75 Å². The van der Waals surface area contributed by atoms with Crippen LogP contribution in [0.1, 0.15) is 41.3 Å². The lowest BCUT2D eigenvalue weighted by molar-refractivity contribution is -0.120. The van der Waals surface area contributed by atoms with Crippen molar-refractivity contribution in [3.8, 4) is 5.75 Å². The lowest BCUT2D eigenvalue weighted by atomic mass is 10.0. The van der Waals surface area contributed by atoms with Crippen LogP contribution < -0.4 is 15.4 Å². The molecule has 0 atom stereocenters. The Balaban J connectivity index is 1.89. The Hall–Kier alpha value is -2.82. The average Bonchev–Trinajstić information content (AvgIpc) is 2.64. The summed E-state index contributed by atoms with van der Waals surface area (Å²) in [6.07, 6.45) is 0. The average molecular weight is 340 g/mol. The van der Waals surface area contributed by atoms with E-state index in [2.05, 4.69) is 24.5 Å². The highest BCUT2D eigenvalue weighted by atomic mass is 16.5. The quantitative estimate of drug-likeness (QED) is 0.814. The van der Waals surface area contributed by atoms with Gasteiger partial charge in [0.1, 0.15) is 5.75 Å². The predicted molar refractivity (Wildman–Crippen MR) is 97.7 cm³/mol. The van der Waals surface area contributed by atoms with Crippen molar-refractivity contribution in [2.75, 3.05) is 13.7 Å². The van der Waals surface area contributed by atoms with Gasteiger partial charge in [0, 0.05) is 17.7 Å². The van der Waals surface area contributed by atoms with Crippen LogP contribution in [0.15, 0.2) is 48.5 Å². The van der Waals surface area contributed by atoms with E-state index in [0.717, 1.165) is 11.3 Å². The molecule has 2 aromatic carbocycles. The third-order valence-electron chi connectivity index (χ3n) is 3.89. The number of rotatable bonds is 7. The van der Waals surface area contributed by atoms with Crippen molar-refractivity contribution >= 4 is 11.8 Å². The van der Waals surface area contributed by atoms with Crippen LogP contribution in [0.2, 0.25) is 0 Å². The molecule has 0 bridgehead atoms. The molecule has 0 heterocycles. The fraction of sp³-hybridized carbons (Fsp3) is 0.300. The van der Waals surface area contributed by atoms with E-state index in [1.165, 1.54) is 5.56 Å². The SMILES string of the molecule is COc1ccc(C(C)C)cc1CNC(=O)CNC(=O)c1ccccc1. The van der Waals surface area contributed by atoms with Gasteiger partial charge in [-0.05, 0) is 29.7 Å². The number of hydrogen-bond acceptors (Lipinski definition) is 3. The summed E-state index contributed by atoms with van der Waals surface area (Å²) in [6.45, 7) is 4.51. The number of carbonyl (C=O) groups is 2. The van der Waals surface area contributed by atoms with Gasteiger partial charge < -0.3 is 15.4 Å². The minimum atomic E-state index is -0.268. The van der Waals surface area contributed by atoms with Gasteiger partial charge in [-0.15, -0.1) is 0 Å². The molecule has 0 unspecified atom stereocenters. The van der Waals surface area contributed by atoms with Gasteiger partial charge in [0.25, 0.3) is 5.91 Å². The van der Waals surface area contributed by atoms with Gasteiger partial charge in [0.15, 0.2) is 0 Å². The molecule has 0 spiro atoms. The van der Waals surface area contributed by atoms with Crippen molar-refractivity contribution in [1.29, 1.82) is 0 Å². The van der Waals surface area contributed by atoms with Gasteiger partial charge in [0.2, 0.25) is 5.91 Å². The summed E-state index contributed by atoms with van der Waals surface area (Å²) in [6, 6.07) is 14.8. The molecule has 0 aromatic heterocycles. The Morgan fingerprint density at radius 3 is 2.40 bits per heavy atom. The van der Waals surface area contributed by atoms with Crippen LogP contribution in [0.25, 0.3) is 0 Å². The molecule has 5 nitrogen and oxygen atoms in total. The fourth-order valence-corrected chi connectivity index (χ4v) is 2.40. The summed E-state index contributed by atoms with van der Waals surface area (Å²) < 4.78 is 5.35. The molecule has 0 saturated carbocycles. The van der Waals surface area contributed by atoms with Crippen LogP contribution in [0, 0.1) is 0 Å². The molecule has 2 rings (SSSR count). The van der Waals surface area contributed by atoms with E-state index in [4.69, 9.17) is 4.74 Å². The van der Waals surface area contributed by atoms with Gasteiger partial charge in [-0.25, -0.2) is 0 Å². The second-order valence-corrected chi connectivity index (χ2v) is 6.05. The minimum absolute atomic E-state index is 0.0695. The Kier molecular flexibility index (Phi) is 6.57. The third kappa shape index (κ3) is 5.35. The Morgan fingerprint density at radius 2 is 1.76 bits per heavy atom. The number of nitrogens with one attached hydrogen (secondary N) is 2. The molecular formula is C20H24N2O3. The second-order valence-electron chi connectivity index (χ2n) is 6.05. The Labute approximate surface area is 148 Å². The first-order valence-electron chi connectivity index (χ1n) is 8.28. The van der Waals surface area contributed by atoms with Gasteiger partial charge >= 0.3 is 0 Å². The van der Waals surface area contributed by atoms with Crippen molar-refractivity contribution in [2.45, 2.75) is 26.3 Å². The van der Waals surface area contributed by atoms with Crippen molar-refractivity contribution < 1.29 is 14.3 Å². The van der Waals surface area contributed by atoms with Gasteiger partial charge in [0.05, 0.1) is 13.7 Å². The molecule has 2 aromatic rings. The van der Waals surface area contributed by atoms with Gasteiger partial charge in [-0.3, -0.25) is 9.59 Å². The highest BCUT2D eigenvalue weighted by molar-refractivity contribution is 5.96. The number of amides is 2. The lowest BCUT2D eigenvalue weighted by Crippen LogP contribution is -2.36. The van der Waals surface area contributed by atoms with Crippen molar-refractivity contribution in [3.63, 3.8) is 0 Å². The summed E-state index contributed by atoms with van der Waals surface area (Å²) >= 11 is 0. The smallest absolute Gasteiger partial charge is 0.251 e. The molecule has 2 amide bonds. The lowest BCUT2D eigenvalue weighted by Gasteiger charge is -2.13. The summed E-state index contributed by atoms with van der Waals surface area (Å²) in [7, 11) is 1.61. The van der Waals surface area contributed by atoms with Crippen LogP contribution in [-0.2, 0) is 11.3 Å². The number of methoxy groups -OCH3 is 1. The van der Waals surface area contributed by atoms with E-state index in [0.29, 0.717) is 18.0 Å². The molecule has 0 radical (unpaired) electrons. The Morgan fingerprint density at radius 1 is 1.04 bits per heavy atom. The van der Waals surface area contributed by atoms with Crippen molar-refractivity contribution in [3.05, 3.63) is 65.2 Å².